The standard InChI is InChI=1S/C24H25N3O4/c1-16-14-21(25-22-19(16)8-5-9-20(22)30-2)26-10-12-27(13-11-26)23(28)17-6-4-7-18(15-17)24(29)31-3/h4-9,14-15H,10-13H2,1-3H3. The highest BCUT2D eigenvalue weighted by Gasteiger charge is 2.24. The highest BCUT2D eigenvalue weighted by atomic mass is 16.5. The number of amides is 1. The predicted octanol–water partition coefficient (Wildman–Crippen LogP) is 3.30. The fourth-order valence-electron chi connectivity index (χ4n) is 3.92. The number of benzene rings is 2. The van der Waals surface area contributed by atoms with E-state index in [4.69, 9.17) is 14.5 Å². The Labute approximate surface area is 181 Å². The molecule has 0 spiro atoms. The number of rotatable bonds is 4. The van der Waals surface area contributed by atoms with Crippen molar-refractivity contribution in [3.63, 3.8) is 0 Å². The van der Waals surface area contributed by atoms with Crippen LogP contribution in [0.15, 0.2) is 48.5 Å². The van der Waals surface area contributed by atoms with Crippen LogP contribution >= 0.6 is 0 Å². The lowest BCUT2D eigenvalue weighted by molar-refractivity contribution is 0.0600. The van der Waals surface area contributed by atoms with E-state index >= 15 is 0 Å². The van der Waals surface area contributed by atoms with Crippen molar-refractivity contribution >= 4 is 28.6 Å². The van der Waals surface area contributed by atoms with Gasteiger partial charge in [0.2, 0.25) is 0 Å². The summed E-state index contributed by atoms with van der Waals surface area (Å²) in [6.45, 7) is 4.57. The number of aryl methyl sites for hydroxylation is 1. The molecule has 7 heteroatoms. The lowest BCUT2D eigenvalue weighted by Crippen LogP contribution is -2.49. The molecule has 1 saturated heterocycles. The van der Waals surface area contributed by atoms with Crippen molar-refractivity contribution in [2.75, 3.05) is 45.3 Å². The summed E-state index contributed by atoms with van der Waals surface area (Å²) in [5.74, 6) is 1.10. The van der Waals surface area contributed by atoms with Crippen LogP contribution in [0.2, 0.25) is 0 Å². The monoisotopic (exact) mass is 419 g/mol. The summed E-state index contributed by atoms with van der Waals surface area (Å²) in [5, 5.41) is 1.07. The summed E-state index contributed by atoms with van der Waals surface area (Å²) in [5.41, 5.74) is 2.84. The Morgan fingerprint density at radius 2 is 1.65 bits per heavy atom. The highest BCUT2D eigenvalue weighted by molar-refractivity contribution is 5.98. The molecule has 0 bridgehead atoms. The van der Waals surface area contributed by atoms with Crippen LogP contribution in [0.4, 0.5) is 5.82 Å². The smallest absolute Gasteiger partial charge is 0.337 e. The Kier molecular flexibility index (Phi) is 5.75. The SMILES string of the molecule is COC(=O)c1cccc(C(=O)N2CCN(c3cc(C)c4cccc(OC)c4n3)CC2)c1. The molecule has 0 atom stereocenters. The molecule has 2 heterocycles. The fraction of sp³-hybridized carbons (Fsp3) is 0.292. The van der Waals surface area contributed by atoms with Crippen molar-refractivity contribution in [1.29, 1.82) is 0 Å². The van der Waals surface area contributed by atoms with Crippen LogP contribution < -0.4 is 9.64 Å². The van der Waals surface area contributed by atoms with Gasteiger partial charge in [0.15, 0.2) is 0 Å². The minimum absolute atomic E-state index is 0.0882. The first-order chi connectivity index (χ1) is 15.0. The molecule has 3 aromatic rings. The maximum absolute atomic E-state index is 12.9. The lowest BCUT2D eigenvalue weighted by atomic mass is 10.1. The van der Waals surface area contributed by atoms with E-state index in [1.807, 2.05) is 18.2 Å². The van der Waals surface area contributed by atoms with Gasteiger partial charge in [0, 0.05) is 37.1 Å². The molecule has 160 valence electrons. The fourth-order valence-corrected chi connectivity index (χ4v) is 3.92. The van der Waals surface area contributed by atoms with Gasteiger partial charge < -0.3 is 19.3 Å². The molecule has 4 rings (SSSR count). The molecule has 31 heavy (non-hydrogen) atoms. The van der Waals surface area contributed by atoms with E-state index in [9.17, 15) is 9.59 Å². The molecule has 0 aliphatic carbocycles. The molecule has 0 unspecified atom stereocenters. The lowest BCUT2D eigenvalue weighted by Gasteiger charge is -2.35. The van der Waals surface area contributed by atoms with Crippen molar-refractivity contribution in [1.82, 2.24) is 9.88 Å². The number of anilines is 1. The molecule has 1 aliphatic rings. The molecule has 0 saturated carbocycles. The van der Waals surface area contributed by atoms with Crippen molar-refractivity contribution in [3.05, 3.63) is 65.2 Å². The molecule has 7 nitrogen and oxygen atoms in total. The molecule has 1 aliphatic heterocycles. The van der Waals surface area contributed by atoms with Gasteiger partial charge in [-0.1, -0.05) is 18.2 Å². The predicted molar refractivity (Wildman–Crippen MR) is 119 cm³/mol. The van der Waals surface area contributed by atoms with E-state index < -0.39 is 5.97 Å². The maximum Gasteiger partial charge on any atom is 0.337 e. The number of carbonyl (C=O) groups excluding carboxylic acids is 2. The first kappa shape index (κ1) is 20.7. The van der Waals surface area contributed by atoms with Gasteiger partial charge in [0.1, 0.15) is 17.1 Å². The third-order valence-electron chi connectivity index (χ3n) is 5.64. The minimum atomic E-state index is -0.451. The minimum Gasteiger partial charge on any atom is -0.494 e. The number of carbonyl (C=O) groups is 2. The Morgan fingerprint density at radius 3 is 2.35 bits per heavy atom. The topological polar surface area (TPSA) is 72.0 Å². The number of hydrogen-bond donors (Lipinski definition) is 0. The summed E-state index contributed by atoms with van der Waals surface area (Å²) in [6.07, 6.45) is 0. The summed E-state index contributed by atoms with van der Waals surface area (Å²) in [6, 6.07) is 14.7. The van der Waals surface area contributed by atoms with E-state index in [0.717, 1.165) is 28.0 Å². The van der Waals surface area contributed by atoms with Crippen LogP contribution in [-0.2, 0) is 4.74 Å². The number of ether oxygens (including phenoxy) is 2. The Bertz CT molecular complexity index is 1140. The van der Waals surface area contributed by atoms with Gasteiger partial charge in [-0.2, -0.15) is 0 Å². The molecule has 1 amide bonds. The van der Waals surface area contributed by atoms with Crippen LogP contribution in [0.25, 0.3) is 10.9 Å². The number of fused-ring (bicyclic) bond motifs is 1. The van der Waals surface area contributed by atoms with Crippen LogP contribution in [0.1, 0.15) is 26.3 Å². The van der Waals surface area contributed by atoms with Crippen molar-refractivity contribution in [3.8, 4) is 5.75 Å². The van der Waals surface area contributed by atoms with E-state index in [2.05, 4.69) is 17.9 Å². The van der Waals surface area contributed by atoms with Gasteiger partial charge in [0.05, 0.1) is 19.8 Å². The molecule has 0 N–H and O–H groups in total. The number of pyridine rings is 1. The molecule has 2 aromatic carbocycles. The Balaban J connectivity index is 1.50. The Morgan fingerprint density at radius 1 is 0.935 bits per heavy atom. The molecular formula is C24H25N3O4. The second-order valence-corrected chi connectivity index (χ2v) is 7.51. The maximum atomic E-state index is 12.9. The van der Waals surface area contributed by atoms with Gasteiger partial charge in [0.25, 0.3) is 5.91 Å². The van der Waals surface area contributed by atoms with E-state index in [0.29, 0.717) is 37.3 Å². The van der Waals surface area contributed by atoms with Gasteiger partial charge in [-0.15, -0.1) is 0 Å². The van der Waals surface area contributed by atoms with Gasteiger partial charge in [-0.25, -0.2) is 9.78 Å². The van der Waals surface area contributed by atoms with Crippen molar-refractivity contribution < 1.29 is 19.1 Å². The number of piperazine rings is 1. The first-order valence-electron chi connectivity index (χ1n) is 10.2. The summed E-state index contributed by atoms with van der Waals surface area (Å²) >= 11 is 0. The summed E-state index contributed by atoms with van der Waals surface area (Å²) < 4.78 is 10.2. The second-order valence-electron chi connectivity index (χ2n) is 7.51. The van der Waals surface area contributed by atoms with Gasteiger partial charge >= 0.3 is 5.97 Å². The molecule has 1 fully saturated rings. The highest BCUT2D eigenvalue weighted by Crippen LogP contribution is 2.29. The largest absolute Gasteiger partial charge is 0.494 e. The average molecular weight is 419 g/mol. The van der Waals surface area contributed by atoms with Crippen molar-refractivity contribution in [2.45, 2.75) is 6.92 Å². The Hall–Kier alpha value is -3.61. The van der Waals surface area contributed by atoms with E-state index in [-0.39, 0.29) is 5.91 Å². The van der Waals surface area contributed by atoms with Crippen molar-refractivity contribution in [2.24, 2.45) is 0 Å². The van der Waals surface area contributed by atoms with Crippen LogP contribution in [0.3, 0.4) is 0 Å². The molecule has 0 radical (unpaired) electrons. The average Bonchev–Trinajstić information content (AvgIpc) is 2.82. The quantitative estimate of drug-likeness (QED) is 0.605. The zero-order valence-electron chi connectivity index (χ0n) is 17.9. The van der Waals surface area contributed by atoms with Crippen LogP contribution in [-0.4, -0.2) is 62.2 Å². The summed E-state index contributed by atoms with van der Waals surface area (Å²) in [7, 11) is 2.98. The van der Waals surface area contributed by atoms with Gasteiger partial charge in [-0.05, 0) is 42.8 Å². The van der Waals surface area contributed by atoms with Crippen LogP contribution in [0, 0.1) is 6.92 Å². The van der Waals surface area contributed by atoms with E-state index in [1.165, 1.54) is 7.11 Å². The number of para-hydroxylation sites is 1. The second kappa shape index (κ2) is 8.63. The number of esters is 1. The van der Waals surface area contributed by atoms with E-state index in [1.54, 1.807) is 36.3 Å². The third kappa shape index (κ3) is 4.03. The van der Waals surface area contributed by atoms with Gasteiger partial charge in [-0.3, -0.25) is 4.79 Å². The zero-order valence-corrected chi connectivity index (χ0v) is 17.9. The normalized spacial score (nSPS) is 13.9. The number of methoxy groups -OCH3 is 2. The first-order valence-corrected chi connectivity index (χ1v) is 10.2. The van der Waals surface area contributed by atoms with Crippen LogP contribution in [0.5, 0.6) is 5.75 Å². The third-order valence-corrected chi connectivity index (χ3v) is 5.64. The number of aromatic nitrogens is 1. The number of nitrogens with zero attached hydrogens (tertiary/aromatic N) is 3. The molecular weight excluding hydrogens is 394 g/mol. The zero-order chi connectivity index (χ0) is 22.0. The molecule has 1 aromatic heterocycles. The number of hydrogen-bond acceptors (Lipinski definition) is 6. The summed E-state index contributed by atoms with van der Waals surface area (Å²) in [4.78, 5) is 33.5.